The number of carbonyl (C=O) groups excluding carboxylic acids is 2. The van der Waals surface area contributed by atoms with Gasteiger partial charge in [0.25, 0.3) is 0 Å². The summed E-state index contributed by atoms with van der Waals surface area (Å²) < 4.78 is 0. The SMILES string of the molecule is CC1(C)[C@H](C(=O)O)[C@@H]1C(=O)N1CCN2C(=O)NCC2C1. The molecule has 0 aromatic heterocycles. The fourth-order valence-electron chi connectivity index (χ4n) is 3.56. The van der Waals surface area contributed by atoms with Gasteiger partial charge < -0.3 is 20.2 Å². The largest absolute Gasteiger partial charge is 0.481 e. The number of rotatable bonds is 2. The molecule has 1 aliphatic carbocycles. The molecule has 0 spiro atoms. The Bertz CT molecular complexity index is 490. The fraction of sp³-hybridized carbons (Fsp3) is 0.769. The monoisotopic (exact) mass is 281 g/mol. The Morgan fingerprint density at radius 1 is 1.30 bits per heavy atom. The number of amides is 3. The number of fused-ring (bicyclic) bond motifs is 1. The fourth-order valence-corrected chi connectivity index (χ4v) is 3.56. The van der Waals surface area contributed by atoms with Crippen LogP contribution in [-0.2, 0) is 9.59 Å². The van der Waals surface area contributed by atoms with Gasteiger partial charge in [0.2, 0.25) is 5.91 Å². The number of piperazine rings is 1. The number of carbonyl (C=O) groups is 3. The van der Waals surface area contributed by atoms with Crippen molar-refractivity contribution in [2.45, 2.75) is 19.9 Å². The topological polar surface area (TPSA) is 90.0 Å². The summed E-state index contributed by atoms with van der Waals surface area (Å²) in [6, 6.07) is -0.0531. The summed E-state index contributed by atoms with van der Waals surface area (Å²) in [4.78, 5) is 38.6. The molecule has 2 N–H and O–H groups in total. The van der Waals surface area contributed by atoms with E-state index in [1.165, 1.54) is 0 Å². The maximum atomic E-state index is 12.5. The minimum atomic E-state index is -0.898. The van der Waals surface area contributed by atoms with Crippen LogP contribution in [0, 0.1) is 17.3 Å². The van der Waals surface area contributed by atoms with Crippen LogP contribution in [0.3, 0.4) is 0 Å². The third-order valence-corrected chi connectivity index (χ3v) is 4.90. The van der Waals surface area contributed by atoms with Crippen LogP contribution < -0.4 is 5.32 Å². The highest BCUT2D eigenvalue weighted by molar-refractivity contribution is 5.92. The van der Waals surface area contributed by atoms with Gasteiger partial charge in [0.05, 0.1) is 17.9 Å². The molecule has 3 rings (SSSR count). The van der Waals surface area contributed by atoms with Crippen LogP contribution in [0.25, 0.3) is 0 Å². The number of nitrogens with zero attached hydrogens (tertiary/aromatic N) is 2. The number of aliphatic carboxylic acids is 1. The highest BCUT2D eigenvalue weighted by atomic mass is 16.4. The first-order valence-corrected chi connectivity index (χ1v) is 6.90. The minimum absolute atomic E-state index is 0.0188. The van der Waals surface area contributed by atoms with Gasteiger partial charge in [0.15, 0.2) is 0 Å². The lowest BCUT2D eigenvalue weighted by molar-refractivity contribution is -0.142. The summed E-state index contributed by atoms with van der Waals surface area (Å²) in [5.74, 6) is -2.00. The second-order valence-electron chi connectivity index (χ2n) is 6.43. The van der Waals surface area contributed by atoms with Crippen molar-refractivity contribution < 1.29 is 19.5 Å². The molecule has 0 radical (unpaired) electrons. The molecule has 7 nitrogen and oxygen atoms in total. The van der Waals surface area contributed by atoms with Crippen molar-refractivity contribution in [3.05, 3.63) is 0 Å². The molecule has 3 aliphatic rings. The summed E-state index contributed by atoms with van der Waals surface area (Å²) in [5, 5.41) is 11.9. The number of hydrogen-bond donors (Lipinski definition) is 2. The van der Waals surface area contributed by atoms with E-state index in [0.29, 0.717) is 26.2 Å². The number of nitrogens with one attached hydrogen (secondary N) is 1. The molecule has 1 saturated carbocycles. The first-order valence-electron chi connectivity index (χ1n) is 6.90. The van der Waals surface area contributed by atoms with Crippen LogP contribution in [0.5, 0.6) is 0 Å². The molecule has 1 unspecified atom stereocenters. The summed E-state index contributed by atoms with van der Waals surface area (Å²) in [6.45, 7) is 5.71. The van der Waals surface area contributed by atoms with Gasteiger partial charge in [-0.15, -0.1) is 0 Å². The third kappa shape index (κ3) is 1.76. The molecular weight excluding hydrogens is 262 g/mol. The molecule has 0 bridgehead atoms. The molecule has 3 atom stereocenters. The molecule has 20 heavy (non-hydrogen) atoms. The van der Waals surface area contributed by atoms with Crippen LogP contribution in [0.1, 0.15) is 13.8 Å². The first kappa shape index (κ1) is 13.2. The number of hydrogen-bond acceptors (Lipinski definition) is 3. The van der Waals surface area contributed by atoms with Crippen molar-refractivity contribution in [1.82, 2.24) is 15.1 Å². The molecule has 3 amide bonds. The lowest BCUT2D eigenvalue weighted by Crippen LogP contribution is -2.54. The maximum Gasteiger partial charge on any atom is 0.317 e. The quantitative estimate of drug-likeness (QED) is 0.719. The van der Waals surface area contributed by atoms with E-state index in [-0.39, 0.29) is 18.0 Å². The highest BCUT2D eigenvalue weighted by Gasteiger charge is 2.66. The lowest BCUT2D eigenvalue weighted by Gasteiger charge is -2.36. The molecule has 2 aliphatic heterocycles. The van der Waals surface area contributed by atoms with Crippen molar-refractivity contribution in [2.75, 3.05) is 26.2 Å². The van der Waals surface area contributed by atoms with Gasteiger partial charge in [-0.2, -0.15) is 0 Å². The van der Waals surface area contributed by atoms with Crippen LogP contribution in [-0.4, -0.2) is 65.0 Å². The molecule has 2 heterocycles. The van der Waals surface area contributed by atoms with Crippen LogP contribution in [0.2, 0.25) is 0 Å². The van der Waals surface area contributed by atoms with E-state index in [4.69, 9.17) is 5.11 Å². The zero-order valence-electron chi connectivity index (χ0n) is 11.6. The summed E-state index contributed by atoms with van der Waals surface area (Å²) >= 11 is 0. The zero-order chi connectivity index (χ0) is 14.7. The van der Waals surface area contributed by atoms with Gasteiger partial charge in [-0.3, -0.25) is 9.59 Å². The number of carboxylic acid groups (broad SMARTS) is 1. The van der Waals surface area contributed by atoms with E-state index in [2.05, 4.69) is 5.32 Å². The molecule has 0 aromatic rings. The predicted octanol–water partition coefficient (Wildman–Crippen LogP) is -0.421. The standard InChI is InChI=1S/C13H19N3O4/c1-13(2)8(9(13)11(18)19)10(17)15-3-4-16-7(6-15)5-14-12(16)20/h7-9H,3-6H2,1-2H3,(H,14,20)(H,18,19)/t7?,8-,9+/m1/s1. The summed E-state index contributed by atoms with van der Waals surface area (Å²) in [6.07, 6.45) is 0. The van der Waals surface area contributed by atoms with Gasteiger partial charge in [-0.25, -0.2) is 4.79 Å². The second-order valence-corrected chi connectivity index (χ2v) is 6.43. The molecule has 2 saturated heterocycles. The van der Waals surface area contributed by atoms with Gasteiger partial charge >= 0.3 is 12.0 Å². The zero-order valence-corrected chi connectivity index (χ0v) is 11.6. The Hall–Kier alpha value is -1.79. The van der Waals surface area contributed by atoms with Crippen molar-refractivity contribution in [3.8, 4) is 0 Å². The average molecular weight is 281 g/mol. The van der Waals surface area contributed by atoms with Gasteiger partial charge in [-0.05, 0) is 5.41 Å². The maximum absolute atomic E-state index is 12.5. The van der Waals surface area contributed by atoms with Gasteiger partial charge in [0.1, 0.15) is 0 Å². The second kappa shape index (κ2) is 4.10. The van der Waals surface area contributed by atoms with Crippen molar-refractivity contribution >= 4 is 17.9 Å². The Morgan fingerprint density at radius 3 is 2.60 bits per heavy atom. The average Bonchev–Trinajstić information content (AvgIpc) is 2.78. The van der Waals surface area contributed by atoms with Crippen LogP contribution in [0.4, 0.5) is 4.79 Å². The number of carboxylic acids is 1. The molecule has 110 valence electrons. The smallest absolute Gasteiger partial charge is 0.317 e. The van der Waals surface area contributed by atoms with Crippen molar-refractivity contribution in [1.29, 1.82) is 0 Å². The Balaban J connectivity index is 1.68. The van der Waals surface area contributed by atoms with E-state index in [1.807, 2.05) is 13.8 Å². The van der Waals surface area contributed by atoms with E-state index in [0.717, 1.165) is 0 Å². The Kier molecular flexibility index (Phi) is 2.71. The van der Waals surface area contributed by atoms with Crippen LogP contribution in [0.15, 0.2) is 0 Å². The number of urea groups is 1. The van der Waals surface area contributed by atoms with Crippen LogP contribution >= 0.6 is 0 Å². The minimum Gasteiger partial charge on any atom is -0.481 e. The Labute approximate surface area is 116 Å². The first-order chi connectivity index (χ1) is 9.34. The normalized spacial score (nSPS) is 34.5. The summed E-state index contributed by atoms with van der Waals surface area (Å²) in [7, 11) is 0. The Morgan fingerprint density at radius 2 is 2.00 bits per heavy atom. The predicted molar refractivity (Wildman–Crippen MR) is 68.9 cm³/mol. The molecule has 7 heteroatoms. The van der Waals surface area contributed by atoms with E-state index < -0.39 is 23.2 Å². The summed E-state index contributed by atoms with van der Waals surface area (Å²) in [5.41, 5.74) is -0.468. The van der Waals surface area contributed by atoms with Crippen molar-refractivity contribution in [3.63, 3.8) is 0 Å². The van der Waals surface area contributed by atoms with Gasteiger partial charge in [0, 0.05) is 26.2 Å². The van der Waals surface area contributed by atoms with E-state index in [1.54, 1.807) is 9.80 Å². The molecular formula is C13H19N3O4. The third-order valence-electron chi connectivity index (χ3n) is 4.90. The molecule has 3 fully saturated rings. The molecule has 0 aromatic carbocycles. The lowest BCUT2D eigenvalue weighted by atomic mass is 10.1. The van der Waals surface area contributed by atoms with Crippen molar-refractivity contribution in [2.24, 2.45) is 17.3 Å². The van der Waals surface area contributed by atoms with E-state index >= 15 is 0 Å². The highest BCUT2D eigenvalue weighted by Crippen LogP contribution is 2.59. The van der Waals surface area contributed by atoms with Gasteiger partial charge in [-0.1, -0.05) is 13.8 Å². The van der Waals surface area contributed by atoms with E-state index in [9.17, 15) is 14.4 Å².